The highest BCUT2D eigenvalue weighted by Gasteiger charge is 2.10. The summed E-state index contributed by atoms with van der Waals surface area (Å²) in [6.45, 7) is 4.88. The predicted molar refractivity (Wildman–Crippen MR) is 84.6 cm³/mol. The number of hydrogen-bond acceptors (Lipinski definition) is 4. The summed E-state index contributed by atoms with van der Waals surface area (Å²) in [5.41, 5.74) is 2.16. The summed E-state index contributed by atoms with van der Waals surface area (Å²) < 4.78 is 0. The van der Waals surface area contributed by atoms with E-state index in [1.165, 1.54) is 0 Å². The van der Waals surface area contributed by atoms with E-state index in [9.17, 15) is 4.79 Å². The minimum atomic E-state index is -0.231. The summed E-state index contributed by atoms with van der Waals surface area (Å²) in [5.74, 6) is 0.256. The van der Waals surface area contributed by atoms with Gasteiger partial charge >= 0.3 is 0 Å². The molecule has 21 heavy (non-hydrogen) atoms. The molecule has 2 rings (SSSR count). The monoisotopic (exact) mass is 284 g/mol. The fourth-order valence-corrected chi connectivity index (χ4v) is 1.85. The Morgan fingerprint density at radius 1 is 1.24 bits per heavy atom. The Kier molecular flexibility index (Phi) is 5.26. The van der Waals surface area contributed by atoms with Gasteiger partial charge in [0.2, 0.25) is 5.95 Å². The van der Waals surface area contributed by atoms with Crippen molar-refractivity contribution in [1.29, 1.82) is 0 Å². The van der Waals surface area contributed by atoms with Gasteiger partial charge in [-0.05, 0) is 31.0 Å². The number of rotatable bonds is 6. The molecule has 5 heteroatoms. The second kappa shape index (κ2) is 7.38. The minimum Gasteiger partial charge on any atom is -0.354 e. The number of carbonyl (C=O) groups excluding carboxylic acids is 1. The molecule has 0 aliphatic rings. The number of unbranched alkanes of at least 4 members (excludes halogenated alkanes) is 1. The number of amides is 1. The van der Waals surface area contributed by atoms with Crippen LogP contribution >= 0.6 is 0 Å². The molecule has 0 saturated carbocycles. The molecular weight excluding hydrogens is 264 g/mol. The van der Waals surface area contributed by atoms with Crippen molar-refractivity contribution in [3.63, 3.8) is 0 Å². The highest BCUT2D eigenvalue weighted by molar-refractivity contribution is 6.03. The minimum absolute atomic E-state index is 0.231. The third-order valence-corrected chi connectivity index (χ3v) is 3.09. The number of benzene rings is 1. The molecule has 0 spiro atoms. The zero-order valence-corrected chi connectivity index (χ0v) is 12.4. The van der Waals surface area contributed by atoms with Crippen molar-refractivity contribution in [2.75, 3.05) is 17.2 Å². The summed E-state index contributed by atoms with van der Waals surface area (Å²) in [6.07, 6.45) is 3.73. The van der Waals surface area contributed by atoms with Crippen LogP contribution in [0.4, 0.5) is 11.6 Å². The van der Waals surface area contributed by atoms with Gasteiger partial charge in [-0.1, -0.05) is 31.5 Å². The first kappa shape index (κ1) is 15.0. The Morgan fingerprint density at radius 3 is 2.81 bits per heavy atom. The van der Waals surface area contributed by atoms with E-state index in [1.807, 2.05) is 31.2 Å². The molecule has 1 aromatic carbocycles. The number of para-hydroxylation sites is 1. The molecule has 0 aliphatic carbocycles. The predicted octanol–water partition coefficient (Wildman–Crippen LogP) is 3.25. The van der Waals surface area contributed by atoms with E-state index in [2.05, 4.69) is 27.5 Å². The zero-order valence-electron chi connectivity index (χ0n) is 12.4. The molecule has 1 heterocycles. The Balaban J connectivity index is 2.05. The molecule has 0 aliphatic heterocycles. The fraction of sp³-hybridized carbons (Fsp3) is 0.312. The third kappa shape index (κ3) is 4.27. The Hall–Kier alpha value is -2.43. The van der Waals surface area contributed by atoms with Crippen LogP contribution in [-0.2, 0) is 0 Å². The maximum absolute atomic E-state index is 12.2. The first-order valence-electron chi connectivity index (χ1n) is 7.14. The SMILES string of the molecule is CCCCNc1nccc(C(=O)Nc2ccccc2C)n1. The van der Waals surface area contributed by atoms with Gasteiger partial charge in [0.05, 0.1) is 0 Å². The average Bonchev–Trinajstić information content (AvgIpc) is 2.50. The van der Waals surface area contributed by atoms with E-state index in [4.69, 9.17) is 0 Å². The standard InChI is InChI=1S/C16H20N4O/c1-3-4-10-17-16-18-11-9-14(20-16)15(21)19-13-8-6-5-7-12(13)2/h5-9,11H,3-4,10H2,1-2H3,(H,19,21)(H,17,18,20). The molecular formula is C16H20N4O. The van der Waals surface area contributed by atoms with Gasteiger partial charge in [-0.15, -0.1) is 0 Å². The van der Waals surface area contributed by atoms with Crippen LogP contribution in [0.5, 0.6) is 0 Å². The van der Waals surface area contributed by atoms with Crippen molar-refractivity contribution < 1.29 is 4.79 Å². The number of aromatic nitrogens is 2. The van der Waals surface area contributed by atoms with E-state index in [-0.39, 0.29) is 5.91 Å². The van der Waals surface area contributed by atoms with Crippen LogP contribution in [0.1, 0.15) is 35.8 Å². The summed E-state index contributed by atoms with van der Waals surface area (Å²) in [7, 11) is 0. The normalized spacial score (nSPS) is 10.2. The van der Waals surface area contributed by atoms with Gasteiger partial charge in [0.1, 0.15) is 5.69 Å². The summed E-state index contributed by atoms with van der Waals surface area (Å²) >= 11 is 0. The zero-order chi connectivity index (χ0) is 15.1. The van der Waals surface area contributed by atoms with E-state index in [0.29, 0.717) is 11.6 Å². The van der Waals surface area contributed by atoms with Crippen molar-refractivity contribution in [3.05, 3.63) is 47.8 Å². The second-order valence-corrected chi connectivity index (χ2v) is 4.81. The molecule has 0 bridgehead atoms. The highest BCUT2D eigenvalue weighted by Crippen LogP contribution is 2.14. The molecule has 2 N–H and O–H groups in total. The van der Waals surface area contributed by atoms with Crippen molar-refractivity contribution >= 4 is 17.5 Å². The van der Waals surface area contributed by atoms with E-state index < -0.39 is 0 Å². The Labute approximate surface area is 124 Å². The molecule has 5 nitrogen and oxygen atoms in total. The largest absolute Gasteiger partial charge is 0.354 e. The van der Waals surface area contributed by atoms with Crippen LogP contribution in [0.3, 0.4) is 0 Å². The smallest absolute Gasteiger partial charge is 0.274 e. The quantitative estimate of drug-likeness (QED) is 0.799. The van der Waals surface area contributed by atoms with Crippen LogP contribution in [0.25, 0.3) is 0 Å². The second-order valence-electron chi connectivity index (χ2n) is 4.81. The molecule has 1 aromatic heterocycles. The summed E-state index contributed by atoms with van der Waals surface area (Å²) in [5, 5.41) is 5.98. The number of nitrogens with zero attached hydrogens (tertiary/aromatic N) is 2. The highest BCUT2D eigenvalue weighted by atomic mass is 16.1. The van der Waals surface area contributed by atoms with Gasteiger partial charge in [-0.2, -0.15) is 0 Å². The van der Waals surface area contributed by atoms with Gasteiger partial charge in [0.15, 0.2) is 0 Å². The molecule has 1 amide bonds. The van der Waals surface area contributed by atoms with Crippen LogP contribution in [-0.4, -0.2) is 22.4 Å². The Morgan fingerprint density at radius 2 is 2.05 bits per heavy atom. The summed E-state index contributed by atoms with van der Waals surface area (Å²) in [4.78, 5) is 20.6. The van der Waals surface area contributed by atoms with Crippen LogP contribution in [0.15, 0.2) is 36.5 Å². The third-order valence-electron chi connectivity index (χ3n) is 3.09. The van der Waals surface area contributed by atoms with Crippen LogP contribution in [0.2, 0.25) is 0 Å². The summed E-state index contributed by atoms with van der Waals surface area (Å²) in [6, 6.07) is 9.26. The van der Waals surface area contributed by atoms with Crippen LogP contribution < -0.4 is 10.6 Å². The van der Waals surface area contributed by atoms with Crippen molar-refractivity contribution in [1.82, 2.24) is 9.97 Å². The average molecular weight is 284 g/mol. The van der Waals surface area contributed by atoms with Crippen LogP contribution in [0, 0.1) is 6.92 Å². The first-order chi connectivity index (χ1) is 10.2. The molecule has 0 radical (unpaired) electrons. The maximum Gasteiger partial charge on any atom is 0.274 e. The topological polar surface area (TPSA) is 66.9 Å². The molecule has 0 fully saturated rings. The van der Waals surface area contributed by atoms with E-state index in [0.717, 1.165) is 30.6 Å². The molecule has 110 valence electrons. The lowest BCUT2D eigenvalue weighted by molar-refractivity contribution is 0.102. The van der Waals surface area contributed by atoms with Gasteiger partial charge in [0.25, 0.3) is 5.91 Å². The lowest BCUT2D eigenvalue weighted by Gasteiger charge is -2.08. The Bertz CT molecular complexity index is 613. The van der Waals surface area contributed by atoms with Gasteiger partial charge in [0, 0.05) is 18.4 Å². The van der Waals surface area contributed by atoms with E-state index >= 15 is 0 Å². The first-order valence-corrected chi connectivity index (χ1v) is 7.14. The van der Waals surface area contributed by atoms with Gasteiger partial charge in [-0.3, -0.25) is 4.79 Å². The van der Waals surface area contributed by atoms with Crippen molar-refractivity contribution in [3.8, 4) is 0 Å². The molecule has 2 aromatic rings. The number of nitrogens with one attached hydrogen (secondary N) is 2. The molecule has 0 saturated heterocycles. The maximum atomic E-state index is 12.2. The van der Waals surface area contributed by atoms with Crippen molar-refractivity contribution in [2.45, 2.75) is 26.7 Å². The number of aryl methyl sites for hydroxylation is 1. The molecule has 0 atom stereocenters. The van der Waals surface area contributed by atoms with Crippen molar-refractivity contribution in [2.24, 2.45) is 0 Å². The number of hydrogen-bond donors (Lipinski definition) is 2. The number of anilines is 2. The lowest BCUT2D eigenvalue weighted by atomic mass is 10.2. The fourth-order valence-electron chi connectivity index (χ4n) is 1.85. The number of carbonyl (C=O) groups is 1. The van der Waals surface area contributed by atoms with Gasteiger partial charge < -0.3 is 10.6 Å². The molecule has 0 unspecified atom stereocenters. The lowest BCUT2D eigenvalue weighted by Crippen LogP contribution is -2.16. The van der Waals surface area contributed by atoms with E-state index in [1.54, 1.807) is 12.3 Å². The van der Waals surface area contributed by atoms with Gasteiger partial charge in [-0.25, -0.2) is 9.97 Å².